The summed E-state index contributed by atoms with van der Waals surface area (Å²) in [5, 5.41) is 11.4. The number of hydrogen-bond donors (Lipinski definition) is 1. The summed E-state index contributed by atoms with van der Waals surface area (Å²) in [6.45, 7) is 1.74. The number of pyridine rings is 1. The molecule has 1 aromatic carbocycles. The first-order valence-electron chi connectivity index (χ1n) is 7.23. The first-order valence-corrected chi connectivity index (χ1v) is 7.61. The molecule has 116 valence electrons. The Morgan fingerprint density at radius 1 is 0.957 bits per heavy atom. The monoisotopic (exact) mass is 325 g/mol. The number of hydrogen-bond acceptors (Lipinski definition) is 4. The predicted octanol–water partition coefficient (Wildman–Crippen LogP) is 3.64. The molecule has 0 radical (unpaired) electrons. The largest absolute Gasteiger partial charge is 0.383 e. The Kier molecular flexibility index (Phi) is 4.37. The SMILES string of the molecule is CC(O)(Cc1cncnc1)c1ccc(-c2ccc(Cl)cc2)cn1. The molecular formula is C18H16ClN3O. The molecule has 1 N–H and O–H groups in total. The van der Waals surface area contributed by atoms with Crippen molar-refractivity contribution >= 4 is 11.6 Å². The molecule has 0 fully saturated rings. The van der Waals surface area contributed by atoms with E-state index < -0.39 is 5.60 Å². The molecule has 0 amide bonds. The van der Waals surface area contributed by atoms with Gasteiger partial charge in [-0.3, -0.25) is 4.98 Å². The third kappa shape index (κ3) is 3.73. The van der Waals surface area contributed by atoms with E-state index in [1.807, 2.05) is 36.4 Å². The third-order valence-electron chi connectivity index (χ3n) is 3.66. The average Bonchev–Trinajstić information content (AvgIpc) is 2.56. The van der Waals surface area contributed by atoms with Crippen LogP contribution in [0, 0.1) is 0 Å². The number of rotatable bonds is 4. The summed E-state index contributed by atoms with van der Waals surface area (Å²) in [6.07, 6.45) is 7.03. The molecule has 2 heterocycles. The topological polar surface area (TPSA) is 58.9 Å². The molecule has 1 unspecified atom stereocenters. The van der Waals surface area contributed by atoms with Crippen LogP contribution in [0.2, 0.25) is 5.02 Å². The van der Waals surface area contributed by atoms with Crippen LogP contribution in [0.3, 0.4) is 0 Å². The lowest BCUT2D eigenvalue weighted by Gasteiger charge is -2.22. The van der Waals surface area contributed by atoms with Gasteiger partial charge in [0.05, 0.1) is 5.69 Å². The fourth-order valence-corrected chi connectivity index (χ4v) is 2.56. The lowest BCUT2D eigenvalue weighted by atomic mass is 9.93. The van der Waals surface area contributed by atoms with Gasteiger partial charge in [0, 0.05) is 35.6 Å². The van der Waals surface area contributed by atoms with Crippen molar-refractivity contribution in [3.05, 3.63) is 77.6 Å². The van der Waals surface area contributed by atoms with Crippen molar-refractivity contribution in [1.29, 1.82) is 0 Å². The van der Waals surface area contributed by atoms with Crippen LogP contribution in [-0.2, 0) is 12.0 Å². The van der Waals surface area contributed by atoms with Gasteiger partial charge in [0.2, 0.25) is 0 Å². The second-order valence-electron chi connectivity index (χ2n) is 5.64. The van der Waals surface area contributed by atoms with E-state index in [0.29, 0.717) is 17.1 Å². The molecule has 0 bridgehead atoms. The normalized spacial score (nSPS) is 13.5. The first-order chi connectivity index (χ1) is 11.0. The smallest absolute Gasteiger partial charge is 0.115 e. The van der Waals surface area contributed by atoms with Crippen molar-refractivity contribution in [2.45, 2.75) is 18.9 Å². The highest BCUT2D eigenvalue weighted by molar-refractivity contribution is 6.30. The highest BCUT2D eigenvalue weighted by Crippen LogP contribution is 2.26. The lowest BCUT2D eigenvalue weighted by Crippen LogP contribution is -2.25. The minimum absolute atomic E-state index is 0.404. The van der Waals surface area contributed by atoms with E-state index in [0.717, 1.165) is 16.7 Å². The minimum atomic E-state index is -1.08. The molecule has 23 heavy (non-hydrogen) atoms. The Morgan fingerprint density at radius 2 is 1.61 bits per heavy atom. The molecule has 4 nitrogen and oxygen atoms in total. The van der Waals surface area contributed by atoms with Crippen molar-refractivity contribution in [2.24, 2.45) is 0 Å². The zero-order valence-corrected chi connectivity index (χ0v) is 13.4. The average molecular weight is 326 g/mol. The summed E-state index contributed by atoms with van der Waals surface area (Å²) in [5.41, 5.74) is 2.40. The summed E-state index contributed by atoms with van der Waals surface area (Å²) in [4.78, 5) is 12.4. The van der Waals surface area contributed by atoms with Crippen LogP contribution in [0.5, 0.6) is 0 Å². The van der Waals surface area contributed by atoms with Gasteiger partial charge < -0.3 is 5.11 Å². The van der Waals surface area contributed by atoms with Gasteiger partial charge in [-0.1, -0.05) is 29.8 Å². The van der Waals surface area contributed by atoms with E-state index >= 15 is 0 Å². The summed E-state index contributed by atoms with van der Waals surface area (Å²) in [5.74, 6) is 0. The molecule has 3 rings (SSSR count). The van der Waals surface area contributed by atoms with E-state index in [9.17, 15) is 5.11 Å². The van der Waals surface area contributed by atoms with Gasteiger partial charge in [0.1, 0.15) is 11.9 Å². The molecule has 0 saturated carbocycles. The molecule has 0 aliphatic heterocycles. The van der Waals surface area contributed by atoms with Crippen LogP contribution in [0.15, 0.2) is 61.3 Å². The Bertz CT molecular complexity index is 772. The number of nitrogens with zero attached hydrogens (tertiary/aromatic N) is 3. The van der Waals surface area contributed by atoms with Gasteiger partial charge in [-0.05, 0) is 36.2 Å². The molecule has 0 spiro atoms. The molecule has 2 aromatic heterocycles. The van der Waals surface area contributed by atoms with Gasteiger partial charge >= 0.3 is 0 Å². The molecule has 0 aliphatic rings. The highest BCUT2D eigenvalue weighted by Gasteiger charge is 2.25. The Balaban J connectivity index is 1.82. The summed E-state index contributed by atoms with van der Waals surface area (Å²) < 4.78 is 0. The highest BCUT2D eigenvalue weighted by atomic mass is 35.5. The zero-order chi connectivity index (χ0) is 16.3. The van der Waals surface area contributed by atoms with E-state index in [1.54, 1.807) is 25.5 Å². The summed E-state index contributed by atoms with van der Waals surface area (Å²) in [7, 11) is 0. The van der Waals surface area contributed by atoms with Crippen LogP contribution in [0.25, 0.3) is 11.1 Å². The van der Waals surface area contributed by atoms with Crippen LogP contribution in [-0.4, -0.2) is 20.1 Å². The first kappa shape index (κ1) is 15.6. The van der Waals surface area contributed by atoms with Gasteiger partial charge in [-0.2, -0.15) is 0 Å². The van der Waals surface area contributed by atoms with Crippen molar-refractivity contribution in [1.82, 2.24) is 15.0 Å². The lowest BCUT2D eigenvalue weighted by molar-refractivity contribution is 0.0529. The second-order valence-corrected chi connectivity index (χ2v) is 6.07. The van der Waals surface area contributed by atoms with Crippen LogP contribution >= 0.6 is 11.6 Å². The Morgan fingerprint density at radius 3 is 2.22 bits per heavy atom. The molecule has 0 saturated heterocycles. The van der Waals surface area contributed by atoms with Gasteiger partial charge in [0.25, 0.3) is 0 Å². The Hall–Kier alpha value is -2.30. The number of aliphatic hydroxyl groups is 1. The third-order valence-corrected chi connectivity index (χ3v) is 3.91. The van der Waals surface area contributed by atoms with E-state index in [2.05, 4.69) is 15.0 Å². The van der Waals surface area contributed by atoms with Gasteiger partial charge in [-0.25, -0.2) is 9.97 Å². The maximum Gasteiger partial charge on any atom is 0.115 e. The minimum Gasteiger partial charge on any atom is -0.383 e. The van der Waals surface area contributed by atoms with Crippen LogP contribution < -0.4 is 0 Å². The number of halogens is 1. The second kappa shape index (κ2) is 6.44. The molecular weight excluding hydrogens is 310 g/mol. The van der Waals surface area contributed by atoms with E-state index in [1.165, 1.54) is 6.33 Å². The summed E-state index contributed by atoms with van der Waals surface area (Å²) >= 11 is 5.90. The van der Waals surface area contributed by atoms with E-state index in [4.69, 9.17) is 11.6 Å². The van der Waals surface area contributed by atoms with Crippen LogP contribution in [0.4, 0.5) is 0 Å². The molecule has 1 atom stereocenters. The standard InChI is InChI=1S/C18H16ClN3O/c1-18(23,8-13-9-20-12-21-10-13)17-7-4-15(11-22-17)14-2-5-16(19)6-3-14/h2-7,9-12,23H,8H2,1H3. The quantitative estimate of drug-likeness (QED) is 0.795. The maximum atomic E-state index is 10.7. The molecule has 0 aliphatic carbocycles. The predicted molar refractivity (Wildman–Crippen MR) is 90.0 cm³/mol. The van der Waals surface area contributed by atoms with E-state index in [-0.39, 0.29) is 0 Å². The van der Waals surface area contributed by atoms with Crippen LogP contribution in [0.1, 0.15) is 18.2 Å². The zero-order valence-electron chi connectivity index (χ0n) is 12.6. The molecule has 5 heteroatoms. The fourth-order valence-electron chi connectivity index (χ4n) is 2.43. The van der Waals surface area contributed by atoms with Gasteiger partial charge in [-0.15, -0.1) is 0 Å². The fraction of sp³-hybridized carbons (Fsp3) is 0.167. The van der Waals surface area contributed by atoms with Gasteiger partial charge in [0.15, 0.2) is 0 Å². The van der Waals surface area contributed by atoms with Crippen molar-refractivity contribution in [3.63, 3.8) is 0 Å². The van der Waals surface area contributed by atoms with Crippen molar-refractivity contribution in [2.75, 3.05) is 0 Å². The number of benzene rings is 1. The van der Waals surface area contributed by atoms with Crippen molar-refractivity contribution < 1.29 is 5.11 Å². The van der Waals surface area contributed by atoms with Crippen molar-refractivity contribution in [3.8, 4) is 11.1 Å². The Labute approximate surface area is 139 Å². The number of aromatic nitrogens is 3. The maximum absolute atomic E-state index is 10.7. The summed E-state index contributed by atoms with van der Waals surface area (Å²) in [6, 6.07) is 11.4. The molecule has 3 aromatic rings.